The summed E-state index contributed by atoms with van der Waals surface area (Å²) >= 11 is 0. The number of anilines is 1. The van der Waals surface area contributed by atoms with Crippen molar-refractivity contribution in [3.8, 4) is 11.8 Å². The van der Waals surface area contributed by atoms with Crippen molar-refractivity contribution in [2.45, 2.75) is 52.0 Å². The minimum Gasteiger partial charge on any atom is -0.506 e. The maximum Gasteiger partial charge on any atom is 0.142 e. The van der Waals surface area contributed by atoms with Crippen molar-refractivity contribution >= 4 is 16.6 Å². The third kappa shape index (κ3) is 5.01. The highest BCUT2D eigenvalue weighted by atomic mass is 19.1. The Labute approximate surface area is 211 Å². The zero-order valence-corrected chi connectivity index (χ0v) is 20.6. The highest BCUT2D eigenvalue weighted by molar-refractivity contribution is 5.97. The second-order valence-electron chi connectivity index (χ2n) is 10.6. The van der Waals surface area contributed by atoms with Gasteiger partial charge in [-0.3, -0.25) is 4.98 Å². The zero-order chi connectivity index (χ0) is 26.4. The van der Waals surface area contributed by atoms with Crippen molar-refractivity contribution in [1.82, 2.24) is 20.0 Å². The lowest BCUT2D eigenvalue weighted by atomic mass is 9.88. The molecule has 8 heteroatoms. The lowest BCUT2D eigenvalue weighted by Crippen LogP contribution is -2.19. The zero-order valence-electron chi connectivity index (χ0n) is 21.6. The molecule has 0 radical (unpaired) electrons. The van der Waals surface area contributed by atoms with Crippen LogP contribution in [-0.4, -0.2) is 31.6 Å². The molecule has 0 bridgehead atoms. The minimum absolute atomic E-state index is 0.0427. The number of benzene rings is 2. The van der Waals surface area contributed by atoms with Gasteiger partial charge in [-0.2, -0.15) is 5.26 Å². The van der Waals surface area contributed by atoms with Gasteiger partial charge in [0.25, 0.3) is 0 Å². The van der Waals surface area contributed by atoms with Crippen LogP contribution in [0, 0.1) is 22.6 Å². The van der Waals surface area contributed by atoms with Crippen LogP contribution in [0.3, 0.4) is 0 Å². The van der Waals surface area contributed by atoms with Gasteiger partial charge in [-0.05, 0) is 60.1 Å². The van der Waals surface area contributed by atoms with E-state index in [-0.39, 0.29) is 23.4 Å². The topological polar surface area (TPSA) is 99.7 Å². The van der Waals surface area contributed by atoms with Crippen LogP contribution >= 0.6 is 0 Å². The average molecular weight is 486 g/mol. The van der Waals surface area contributed by atoms with Gasteiger partial charge in [0.05, 0.1) is 23.0 Å². The number of phenols is 1. The summed E-state index contributed by atoms with van der Waals surface area (Å²) in [5.74, 6) is -1.82. The summed E-state index contributed by atoms with van der Waals surface area (Å²) in [6.07, 6.45) is 5.45. The largest absolute Gasteiger partial charge is 0.506 e. The van der Waals surface area contributed by atoms with E-state index in [2.05, 4.69) is 47.5 Å². The molecule has 4 aromatic rings. The second-order valence-corrected chi connectivity index (χ2v) is 10.6. The molecule has 2 heterocycles. The predicted octanol–water partition coefficient (Wildman–Crippen LogP) is 5.71. The maximum atomic E-state index is 13.8. The van der Waals surface area contributed by atoms with Gasteiger partial charge >= 0.3 is 0 Å². The highest BCUT2D eigenvalue weighted by Gasteiger charge is 2.27. The fourth-order valence-corrected chi connectivity index (χ4v) is 4.20. The molecule has 1 aliphatic rings. The number of phenolic OH excluding ortho intramolecular Hbond substituents is 1. The first kappa shape index (κ1) is 22.5. The van der Waals surface area contributed by atoms with Gasteiger partial charge in [-0.25, -0.2) is 9.07 Å². The molecule has 184 valence electrons. The van der Waals surface area contributed by atoms with Crippen molar-refractivity contribution in [3.05, 3.63) is 77.0 Å². The summed E-state index contributed by atoms with van der Waals surface area (Å²) < 4.78 is 25.1. The lowest BCUT2D eigenvalue weighted by molar-refractivity contribution is 0.443. The number of aromatic nitrogens is 4. The van der Waals surface area contributed by atoms with Crippen LogP contribution in [0.25, 0.3) is 10.9 Å². The molecular formula is C28H29FN6O. The van der Waals surface area contributed by atoms with E-state index in [4.69, 9.17) is 0 Å². The number of hydrogen-bond donors (Lipinski definition) is 2. The molecule has 1 fully saturated rings. The number of hydrogen-bond acceptors (Lipinski definition) is 6. The molecular weight excluding hydrogens is 455 g/mol. The molecule has 36 heavy (non-hydrogen) atoms. The first-order valence-electron chi connectivity index (χ1n) is 12.5. The van der Waals surface area contributed by atoms with E-state index in [0.29, 0.717) is 51.6 Å². The minimum atomic E-state index is -1.39. The van der Waals surface area contributed by atoms with Crippen LogP contribution in [0.5, 0.6) is 5.75 Å². The first-order valence-corrected chi connectivity index (χ1v) is 12.0. The number of halogens is 1. The first-order chi connectivity index (χ1) is 17.6. The van der Waals surface area contributed by atoms with E-state index in [9.17, 15) is 16.1 Å². The molecule has 2 aromatic carbocycles. The number of rotatable bonds is 7. The van der Waals surface area contributed by atoms with E-state index < -0.39 is 5.89 Å². The standard InChI is InChI=1S/C28H29FN6O/c1-28(2,3)16-32-26-19(13-30)14-31-27-23(26)11-17(12-25(27)36)10-22(18-4-6-20(29)7-5-18)24-15-35(34-33-24)21-8-9-21/h4-7,11-12,14-15,21-22,36H,8-10,16H2,1-3H3,(H,31,32)/t22-/m1/s1/i22D. The van der Waals surface area contributed by atoms with Crippen molar-refractivity contribution in [3.63, 3.8) is 0 Å². The Hall–Kier alpha value is -3.99. The van der Waals surface area contributed by atoms with E-state index in [1.807, 2.05) is 6.07 Å². The highest BCUT2D eigenvalue weighted by Crippen LogP contribution is 2.37. The Morgan fingerprint density at radius 3 is 2.69 bits per heavy atom. The molecule has 2 N–H and O–H groups in total. The molecule has 0 aliphatic heterocycles. The molecule has 7 nitrogen and oxygen atoms in total. The average Bonchev–Trinajstić information content (AvgIpc) is 3.58. The normalized spacial score (nSPS) is 15.8. The van der Waals surface area contributed by atoms with Gasteiger partial charge < -0.3 is 10.4 Å². The fourth-order valence-electron chi connectivity index (χ4n) is 4.20. The van der Waals surface area contributed by atoms with Gasteiger partial charge in [0.2, 0.25) is 0 Å². The predicted molar refractivity (Wildman–Crippen MR) is 136 cm³/mol. The summed E-state index contributed by atoms with van der Waals surface area (Å²) in [7, 11) is 0. The third-order valence-corrected chi connectivity index (χ3v) is 6.24. The fraction of sp³-hybridized carbons (Fsp3) is 0.357. The summed E-state index contributed by atoms with van der Waals surface area (Å²) in [4.78, 5) is 4.32. The van der Waals surface area contributed by atoms with E-state index >= 15 is 0 Å². The van der Waals surface area contributed by atoms with Crippen LogP contribution in [0.15, 0.2) is 48.8 Å². The van der Waals surface area contributed by atoms with E-state index in [1.54, 1.807) is 29.1 Å². The Balaban J connectivity index is 1.62. The SMILES string of the molecule is [2H][C@@](Cc1cc(O)c2ncc(C#N)c(NCC(C)(C)C)c2c1)(c1ccc(F)cc1)c1cn(C2CC2)nn1. The molecule has 0 spiro atoms. The number of nitrogens with one attached hydrogen (secondary N) is 1. The Bertz CT molecular complexity index is 1500. The summed E-state index contributed by atoms with van der Waals surface area (Å²) in [5.41, 5.74) is 2.95. The van der Waals surface area contributed by atoms with Gasteiger partial charge in [0, 0.05) is 31.6 Å². The number of pyridine rings is 1. The van der Waals surface area contributed by atoms with Gasteiger partial charge in [0.15, 0.2) is 0 Å². The lowest BCUT2D eigenvalue weighted by Gasteiger charge is -2.22. The summed E-state index contributed by atoms with van der Waals surface area (Å²) in [5, 5.41) is 33.2. The van der Waals surface area contributed by atoms with Gasteiger partial charge in [0.1, 0.15) is 23.2 Å². The molecule has 0 saturated heterocycles. The second kappa shape index (κ2) is 9.23. The molecule has 1 saturated carbocycles. The van der Waals surface area contributed by atoms with Gasteiger partial charge in [-0.15, -0.1) is 5.10 Å². The Morgan fingerprint density at radius 2 is 2.03 bits per heavy atom. The quantitative estimate of drug-likeness (QED) is 0.348. The monoisotopic (exact) mass is 485 g/mol. The number of nitrogens with zero attached hydrogens (tertiary/aromatic N) is 5. The molecule has 0 unspecified atom stereocenters. The van der Waals surface area contributed by atoms with Crippen LogP contribution in [-0.2, 0) is 6.42 Å². The van der Waals surface area contributed by atoms with Crippen LogP contribution in [0.1, 0.15) is 69.3 Å². The van der Waals surface area contributed by atoms with Crippen molar-refractivity contribution in [2.24, 2.45) is 5.41 Å². The summed E-state index contributed by atoms with van der Waals surface area (Å²) in [6, 6.07) is 11.8. The molecule has 2 aromatic heterocycles. The van der Waals surface area contributed by atoms with Gasteiger partial charge in [-0.1, -0.05) is 38.1 Å². The number of aromatic hydroxyl groups is 1. The molecule has 1 aliphatic carbocycles. The van der Waals surface area contributed by atoms with Crippen LogP contribution in [0.2, 0.25) is 0 Å². The Morgan fingerprint density at radius 1 is 1.28 bits per heavy atom. The smallest absolute Gasteiger partial charge is 0.142 e. The third-order valence-electron chi connectivity index (χ3n) is 6.24. The van der Waals surface area contributed by atoms with E-state index in [0.717, 1.165) is 12.8 Å². The van der Waals surface area contributed by atoms with Crippen molar-refractivity contribution in [1.29, 1.82) is 5.26 Å². The Kier molecular flexibility index (Phi) is 5.76. The number of nitriles is 1. The van der Waals surface area contributed by atoms with E-state index in [1.165, 1.54) is 18.3 Å². The molecule has 5 rings (SSSR count). The van der Waals surface area contributed by atoms with Crippen LogP contribution in [0.4, 0.5) is 10.1 Å². The summed E-state index contributed by atoms with van der Waals surface area (Å²) in [6.45, 7) is 6.87. The molecule has 0 amide bonds. The van der Waals surface area contributed by atoms with Crippen LogP contribution < -0.4 is 5.32 Å². The molecule has 1 atom stereocenters. The number of fused-ring (bicyclic) bond motifs is 1. The maximum absolute atomic E-state index is 13.8. The van der Waals surface area contributed by atoms with Crippen molar-refractivity contribution in [2.75, 3.05) is 11.9 Å². The van der Waals surface area contributed by atoms with Crippen molar-refractivity contribution < 1.29 is 10.9 Å².